The van der Waals surface area contributed by atoms with Gasteiger partial charge in [0.1, 0.15) is 24.1 Å². The summed E-state index contributed by atoms with van der Waals surface area (Å²) in [5.41, 5.74) is 0.749. The molecule has 1 aliphatic rings. The third-order valence-corrected chi connectivity index (χ3v) is 4.08. The maximum Gasteiger partial charge on any atom is 0.217 e. The number of aliphatic hydroxyl groups excluding tert-OH is 4. The van der Waals surface area contributed by atoms with Gasteiger partial charge in [0.05, 0.1) is 12.6 Å². The van der Waals surface area contributed by atoms with E-state index in [-0.39, 0.29) is 11.7 Å². The summed E-state index contributed by atoms with van der Waals surface area (Å²) in [5.74, 6) is -1.13. The van der Waals surface area contributed by atoms with E-state index in [1.165, 1.54) is 13.0 Å². The van der Waals surface area contributed by atoms with E-state index in [0.29, 0.717) is 0 Å². The number of hydrogen-bond donors (Lipinski definition) is 6. The first-order valence-electron chi connectivity index (χ1n) is 7.88. The molecule has 8 heteroatoms. The lowest BCUT2D eigenvalue weighted by Gasteiger charge is -2.41. The van der Waals surface area contributed by atoms with E-state index in [1.807, 2.05) is 6.07 Å². The van der Waals surface area contributed by atoms with Gasteiger partial charge in [-0.15, -0.1) is 0 Å². The molecule has 1 aromatic carbocycles. The molecule has 1 heterocycles. The second-order valence-corrected chi connectivity index (χ2v) is 5.93. The first-order chi connectivity index (χ1) is 11.8. The molecule has 1 amide bonds. The van der Waals surface area contributed by atoms with Crippen molar-refractivity contribution in [2.24, 2.45) is 0 Å². The summed E-state index contributed by atoms with van der Waals surface area (Å²) in [7, 11) is 0. The number of rotatable bonds is 6. The predicted molar refractivity (Wildman–Crippen MR) is 87.1 cm³/mol. The van der Waals surface area contributed by atoms with Crippen LogP contribution in [0.5, 0.6) is 0 Å². The molecule has 0 saturated carbocycles. The van der Waals surface area contributed by atoms with Crippen molar-refractivity contribution >= 4 is 5.91 Å². The van der Waals surface area contributed by atoms with Crippen molar-refractivity contribution in [3.05, 3.63) is 47.7 Å². The molecule has 0 fully saturated rings. The molecule has 0 bridgehead atoms. The quantitative estimate of drug-likeness (QED) is 0.345. The molecule has 5 atom stereocenters. The monoisotopic (exact) mass is 353 g/mol. The third kappa shape index (κ3) is 4.56. The summed E-state index contributed by atoms with van der Waals surface area (Å²) in [6.07, 6.45) is -4.75. The van der Waals surface area contributed by atoms with Gasteiger partial charge < -0.3 is 35.6 Å². The highest BCUT2D eigenvalue weighted by Crippen LogP contribution is 2.34. The van der Waals surface area contributed by atoms with Crippen LogP contribution in [0.25, 0.3) is 0 Å². The van der Waals surface area contributed by atoms with Crippen molar-refractivity contribution < 1.29 is 35.1 Å². The summed E-state index contributed by atoms with van der Waals surface area (Å²) in [5, 5.41) is 50.8. The van der Waals surface area contributed by atoms with E-state index in [4.69, 9.17) is 9.84 Å². The fourth-order valence-electron chi connectivity index (χ4n) is 2.90. The number of aliphatic hydroxyl groups is 5. The van der Waals surface area contributed by atoms with Crippen molar-refractivity contribution in [2.75, 3.05) is 6.61 Å². The van der Waals surface area contributed by atoms with Crippen molar-refractivity contribution in [1.29, 1.82) is 0 Å². The van der Waals surface area contributed by atoms with Crippen molar-refractivity contribution in [2.45, 2.75) is 43.5 Å². The summed E-state index contributed by atoms with van der Waals surface area (Å²) >= 11 is 0. The largest absolute Gasteiger partial charge is 0.485 e. The number of benzene rings is 1. The molecule has 5 unspecified atom stereocenters. The molecular formula is C17H23NO7. The first-order valence-corrected chi connectivity index (χ1v) is 7.88. The number of nitrogens with one attached hydrogen (secondary N) is 1. The van der Waals surface area contributed by atoms with Crippen molar-refractivity contribution in [1.82, 2.24) is 5.32 Å². The van der Waals surface area contributed by atoms with Gasteiger partial charge in [0.15, 0.2) is 0 Å². The van der Waals surface area contributed by atoms with Crippen LogP contribution in [0.2, 0.25) is 0 Å². The van der Waals surface area contributed by atoms with E-state index in [2.05, 4.69) is 5.32 Å². The van der Waals surface area contributed by atoms with Gasteiger partial charge in [-0.25, -0.2) is 0 Å². The minimum absolute atomic E-state index is 0.204. The van der Waals surface area contributed by atoms with E-state index in [9.17, 15) is 25.2 Å². The van der Waals surface area contributed by atoms with Gasteiger partial charge in [-0.2, -0.15) is 0 Å². The SMILES string of the molecule is CC(=O)NC1C(c2ccccc2)C=C(C(O)O)OC1C(O)C(O)CO. The van der Waals surface area contributed by atoms with Crippen LogP contribution in [0, 0.1) is 0 Å². The number of amides is 1. The lowest BCUT2D eigenvalue weighted by atomic mass is 9.82. The van der Waals surface area contributed by atoms with Crippen LogP contribution in [0.4, 0.5) is 0 Å². The Bertz CT molecular complexity index is 604. The Balaban J connectivity index is 2.47. The van der Waals surface area contributed by atoms with Gasteiger partial charge in [0.25, 0.3) is 0 Å². The highest BCUT2D eigenvalue weighted by molar-refractivity contribution is 5.73. The standard InChI is InChI=1S/C17H23NO7/c1-9(20)18-14-11(10-5-3-2-4-6-10)7-13(17(23)24)25-16(14)15(22)12(21)8-19/h2-7,11-12,14-17,19,21-24H,8H2,1H3,(H,18,20). The molecule has 0 radical (unpaired) electrons. The van der Waals surface area contributed by atoms with E-state index < -0.39 is 43.2 Å². The van der Waals surface area contributed by atoms with Crippen LogP contribution in [-0.2, 0) is 9.53 Å². The first kappa shape index (κ1) is 19.4. The topological polar surface area (TPSA) is 139 Å². The highest BCUT2D eigenvalue weighted by Gasteiger charge is 2.43. The van der Waals surface area contributed by atoms with E-state index in [0.717, 1.165) is 5.56 Å². The average Bonchev–Trinajstić information content (AvgIpc) is 2.60. The van der Waals surface area contributed by atoms with E-state index in [1.54, 1.807) is 24.3 Å². The highest BCUT2D eigenvalue weighted by atomic mass is 16.6. The minimum atomic E-state index is -1.93. The minimum Gasteiger partial charge on any atom is -0.485 e. The maximum atomic E-state index is 11.6. The fourth-order valence-corrected chi connectivity index (χ4v) is 2.90. The van der Waals surface area contributed by atoms with Crippen molar-refractivity contribution in [3.63, 3.8) is 0 Å². The number of ether oxygens (including phenoxy) is 1. The molecule has 6 N–H and O–H groups in total. The molecule has 0 aliphatic carbocycles. The van der Waals surface area contributed by atoms with Gasteiger partial charge in [0, 0.05) is 12.8 Å². The van der Waals surface area contributed by atoms with Crippen LogP contribution in [-0.4, -0.2) is 68.7 Å². The number of hydrogen-bond acceptors (Lipinski definition) is 7. The molecular weight excluding hydrogens is 330 g/mol. The summed E-state index contributed by atoms with van der Waals surface area (Å²) in [6.45, 7) is 0.582. The fraction of sp³-hybridized carbons (Fsp3) is 0.471. The smallest absolute Gasteiger partial charge is 0.217 e. The normalized spacial score (nSPS) is 25.7. The molecule has 0 saturated heterocycles. The maximum absolute atomic E-state index is 11.6. The Kier molecular flexibility index (Phi) is 6.51. The molecule has 25 heavy (non-hydrogen) atoms. The Labute approximate surface area is 145 Å². The van der Waals surface area contributed by atoms with Crippen LogP contribution >= 0.6 is 0 Å². The molecule has 1 aliphatic heterocycles. The number of carbonyl (C=O) groups is 1. The lowest BCUT2D eigenvalue weighted by molar-refractivity contribution is -0.139. The van der Waals surface area contributed by atoms with Crippen LogP contribution < -0.4 is 5.32 Å². The summed E-state index contributed by atoms with van der Waals surface area (Å²) in [4.78, 5) is 11.6. The van der Waals surface area contributed by atoms with Crippen LogP contribution in [0.3, 0.4) is 0 Å². The zero-order valence-corrected chi connectivity index (χ0v) is 13.7. The molecule has 138 valence electrons. The Morgan fingerprint density at radius 1 is 1.20 bits per heavy atom. The second kappa shape index (κ2) is 8.41. The molecule has 0 aromatic heterocycles. The third-order valence-electron chi connectivity index (χ3n) is 4.08. The van der Waals surface area contributed by atoms with Gasteiger partial charge in [-0.1, -0.05) is 30.3 Å². The molecule has 8 nitrogen and oxygen atoms in total. The Hall–Kier alpha value is -1.97. The second-order valence-electron chi connectivity index (χ2n) is 5.93. The van der Waals surface area contributed by atoms with Gasteiger partial charge in [0.2, 0.25) is 12.2 Å². The summed E-state index contributed by atoms with van der Waals surface area (Å²) in [6, 6.07) is 8.16. The summed E-state index contributed by atoms with van der Waals surface area (Å²) < 4.78 is 5.42. The Morgan fingerprint density at radius 3 is 2.36 bits per heavy atom. The lowest BCUT2D eigenvalue weighted by Crippen LogP contribution is -2.57. The van der Waals surface area contributed by atoms with Crippen LogP contribution in [0.15, 0.2) is 42.2 Å². The average molecular weight is 353 g/mol. The zero-order valence-electron chi connectivity index (χ0n) is 13.7. The van der Waals surface area contributed by atoms with Crippen molar-refractivity contribution in [3.8, 4) is 0 Å². The zero-order chi connectivity index (χ0) is 18.6. The van der Waals surface area contributed by atoms with E-state index >= 15 is 0 Å². The molecule has 0 spiro atoms. The van der Waals surface area contributed by atoms with Gasteiger partial charge >= 0.3 is 0 Å². The van der Waals surface area contributed by atoms with Gasteiger partial charge in [-0.3, -0.25) is 4.79 Å². The Morgan fingerprint density at radius 2 is 1.84 bits per heavy atom. The number of carbonyl (C=O) groups excluding carboxylic acids is 1. The van der Waals surface area contributed by atoms with Gasteiger partial charge in [-0.05, 0) is 11.6 Å². The molecule has 2 rings (SSSR count). The molecule has 1 aromatic rings. The van der Waals surface area contributed by atoms with Crippen LogP contribution in [0.1, 0.15) is 18.4 Å². The predicted octanol–water partition coefficient (Wildman–Crippen LogP) is -1.42.